The van der Waals surface area contributed by atoms with Gasteiger partial charge in [0.25, 0.3) is 0 Å². The molecule has 0 saturated carbocycles. The van der Waals surface area contributed by atoms with E-state index < -0.39 is 17.7 Å². The number of aliphatic carboxylic acids is 2. The van der Waals surface area contributed by atoms with Gasteiger partial charge in [-0.3, -0.25) is 0 Å². The second-order valence-corrected chi connectivity index (χ2v) is 7.68. The van der Waals surface area contributed by atoms with Crippen molar-refractivity contribution in [3.63, 3.8) is 0 Å². The highest BCUT2D eigenvalue weighted by Gasteiger charge is 2.48. The summed E-state index contributed by atoms with van der Waals surface area (Å²) in [5.74, 6) is -2.56. The molecule has 0 amide bonds. The van der Waals surface area contributed by atoms with Gasteiger partial charge in [0, 0.05) is 24.3 Å². The number of carboxylic acids is 2. The average molecular weight is 456 g/mol. The van der Waals surface area contributed by atoms with Crippen LogP contribution >= 0.6 is 0 Å². The zero-order valence-corrected chi connectivity index (χ0v) is 18.5. The number of rotatable bonds is 7. The van der Waals surface area contributed by atoms with E-state index in [1.165, 1.54) is 12.8 Å². The SMILES string of the molecule is CCCCNCC1COC2(O1)c1ccccc1COc1ccccc12.O=C(O)/C=C\C(=O)O. The fraction of sp³-hybridized carbons (Fsp3) is 0.360. The lowest BCUT2D eigenvalue weighted by atomic mass is 9.93. The van der Waals surface area contributed by atoms with Gasteiger partial charge in [0.05, 0.1) is 18.3 Å². The quantitative estimate of drug-likeness (QED) is 0.430. The maximum absolute atomic E-state index is 9.55. The van der Waals surface area contributed by atoms with E-state index in [1.54, 1.807) is 0 Å². The van der Waals surface area contributed by atoms with Gasteiger partial charge in [-0.1, -0.05) is 49.7 Å². The molecule has 2 aliphatic rings. The van der Waals surface area contributed by atoms with Gasteiger partial charge in [-0.25, -0.2) is 9.59 Å². The van der Waals surface area contributed by atoms with Gasteiger partial charge in [-0.2, -0.15) is 0 Å². The lowest BCUT2D eigenvalue weighted by molar-refractivity contribution is -0.142. The lowest BCUT2D eigenvalue weighted by Gasteiger charge is -2.29. The van der Waals surface area contributed by atoms with Crippen LogP contribution < -0.4 is 10.1 Å². The first-order valence-electron chi connectivity index (χ1n) is 10.9. The lowest BCUT2D eigenvalue weighted by Crippen LogP contribution is -2.33. The topological polar surface area (TPSA) is 114 Å². The molecule has 8 heteroatoms. The van der Waals surface area contributed by atoms with Crippen LogP contribution in [0.4, 0.5) is 0 Å². The molecule has 33 heavy (non-hydrogen) atoms. The molecule has 2 aliphatic heterocycles. The number of hydrogen-bond donors (Lipinski definition) is 3. The van der Waals surface area contributed by atoms with Crippen LogP contribution in [0, 0.1) is 0 Å². The molecule has 0 aliphatic carbocycles. The monoisotopic (exact) mass is 455 g/mol. The van der Waals surface area contributed by atoms with E-state index in [2.05, 4.69) is 24.4 Å². The third kappa shape index (κ3) is 6.19. The third-order valence-electron chi connectivity index (χ3n) is 5.25. The van der Waals surface area contributed by atoms with Crippen LogP contribution in [0.15, 0.2) is 60.7 Å². The molecule has 8 nitrogen and oxygen atoms in total. The Labute approximate surface area is 192 Å². The Kier molecular flexibility index (Phi) is 8.59. The van der Waals surface area contributed by atoms with Crippen molar-refractivity contribution in [2.45, 2.75) is 38.3 Å². The van der Waals surface area contributed by atoms with Gasteiger partial charge in [-0.15, -0.1) is 0 Å². The van der Waals surface area contributed by atoms with Crippen LogP contribution in [0.2, 0.25) is 0 Å². The van der Waals surface area contributed by atoms with Crippen molar-refractivity contribution in [1.29, 1.82) is 0 Å². The van der Waals surface area contributed by atoms with E-state index in [4.69, 9.17) is 24.4 Å². The van der Waals surface area contributed by atoms with Crippen molar-refractivity contribution < 1.29 is 34.0 Å². The average Bonchev–Trinajstić information content (AvgIpc) is 3.19. The van der Waals surface area contributed by atoms with Crippen LogP contribution in [0.25, 0.3) is 0 Å². The normalized spacial score (nSPS) is 20.8. The number of fused-ring (bicyclic) bond motifs is 4. The molecule has 4 rings (SSSR count). The van der Waals surface area contributed by atoms with Crippen molar-refractivity contribution in [2.75, 3.05) is 19.7 Å². The number of nitrogens with one attached hydrogen (secondary N) is 1. The smallest absolute Gasteiger partial charge is 0.328 e. The largest absolute Gasteiger partial charge is 0.488 e. The molecule has 0 bridgehead atoms. The minimum absolute atomic E-state index is 0.0241. The zero-order valence-electron chi connectivity index (χ0n) is 18.5. The second-order valence-electron chi connectivity index (χ2n) is 7.68. The summed E-state index contributed by atoms with van der Waals surface area (Å²) in [6.45, 7) is 5.11. The highest BCUT2D eigenvalue weighted by molar-refractivity contribution is 5.89. The highest BCUT2D eigenvalue weighted by Crippen LogP contribution is 2.47. The van der Waals surface area contributed by atoms with Crippen LogP contribution in [0.3, 0.4) is 0 Å². The summed E-state index contributed by atoms with van der Waals surface area (Å²) in [6.07, 6.45) is 3.51. The highest BCUT2D eigenvalue weighted by atomic mass is 16.7. The van der Waals surface area contributed by atoms with E-state index in [0.717, 1.165) is 35.5 Å². The van der Waals surface area contributed by atoms with E-state index in [1.807, 2.05) is 36.4 Å². The van der Waals surface area contributed by atoms with Gasteiger partial charge in [0.2, 0.25) is 5.79 Å². The van der Waals surface area contributed by atoms with Gasteiger partial charge in [0.15, 0.2) is 0 Å². The Morgan fingerprint density at radius 3 is 2.42 bits per heavy atom. The van der Waals surface area contributed by atoms with Crippen LogP contribution in [-0.2, 0) is 31.5 Å². The minimum atomic E-state index is -1.26. The van der Waals surface area contributed by atoms with E-state index in [0.29, 0.717) is 25.4 Å². The fourth-order valence-electron chi connectivity index (χ4n) is 3.74. The predicted octanol–water partition coefficient (Wildman–Crippen LogP) is 3.30. The molecule has 0 aromatic heterocycles. The first kappa shape index (κ1) is 24.4. The van der Waals surface area contributed by atoms with Crippen molar-refractivity contribution >= 4 is 11.9 Å². The maximum atomic E-state index is 9.55. The molecule has 1 spiro atoms. The van der Waals surface area contributed by atoms with E-state index in [9.17, 15) is 9.59 Å². The molecule has 2 heterocycles. The van der Waals surface area contributed by atoms with Gasteiger partial charge in [-0.05, 0) is 30.7 Å². The number of carboxylic acid groups (broad SMARTS) is 2. The third-order valence-corrected chi connectivity index (χ3v) is 5.25. The predicted molar refractivity (Wildman–Crippen MR) is 121 cm³/mol. The molecule has 2 atom stereocenters. The van der Waals surface area contributed by atoms with Crippen molar-refractivity contribution in [3.8, 4) is 5.75 Å². The number of para-hydroxylation sites is 1. The number of ether oxygens (including phenoxy) is 3. The number of benzene rings is 2. The number of carbonyl (C=O) groups is 2. The second kappa shape index (κ2) is 11.6. The van der Waals surface area contributed by atoms with E-state index >= 15 is 0 Å². The van der Waals surface area contributed by atoms with Gasteiger partial charge in [0.1, 0.15) is 12.4 Å². The van der Waals surface area contributed by atoms with E-state index in [-0.39, 0.29) is 6.10 Å². The fourth-order valence-corrected chi connectivity index (χ4v) is 3.74. The maximum Gasteiger partial charge on any atom is 0.328 e. The van der Waals surface area contributed by atoms with Crippen molar-refractivity contribution in [1.82, 2.24) is 5.32 Å². The van der Waals surface area contributed by atoms with Crippen molar-refractivity contribution in [3.05, 3.63) is 77.4 Å². The summed E-state index contributed by atoms with van der Waals surface area (Å²) >= 11 is 0. The van der Waals surface area contributed by atoms with Gasteiger partial charge < -0.3 is 29.7 Å². The first-order chi connectivity index (χ1) is 16.0. The minimum Gasteiger partial charge on any atom is -0.488 e. The summed E-state index contributed by atoms with van der Waals surface area (Å²) in [7, 11) is 0. The molecule has 1 fully saturated rings. The molecular formula is C25H29NO7. The summed E-state index contributed by atoms with van der Waals surface area (Å²) in [4.78, 5) is 19.1. The Bertz CT molecular complexity index is 925. The standard InChI is InChI=1S/C21H25NO3.C4H4O4/c1-2-3-12-22-13-17-15-24-21(25-17)18-9-5-4-8-16(18)14-23-20-11-7-6-10-19(20)21;5-3(6)1-2-4(7)8/h4-11,17,22H,2-3,12-15H2,1H3;1-2H,(H,5,6)(H,7,8)/b;2-1-. The molecule has 2 unspecified atom stereocenters. The van der Waals surface area contributed by atoms with Crippen LogP contribution in [0.1, 0.15) is 36.5 Å². The van der Waals surface area contributed by atoms with Gasteiger partial charge >= 0.3 is 11.9 Å². The molecule has 1 saturated heterocycles. The molecule has 176 valence electrons. The Balaban J connectivity index is 0.000000331. The zero-order chi connectivity index (χ0) is 23.7. The Morgan fingerprint density at radius 2 is 1.73 bits per heavy atom. The molecule has 0 radical (unpaired) electrons. The summed E-state index contributed by atoms with van der Waals surface area (Å²) in [5, 5.41) is 19.1. The Hall–Kier alpha value is -3.20. The van der Waals surface area contributed by atoms with Crippen molar-refractivity contribution in [2.24, 2.45) is 0 Å². The van der Waals surface area contributed by atoms with Crippen LogP contribution in [-0.4, -0.2) is 48.0 Å². The number of hydrogen-bond acceptors (Lipinski definition) is 6. The molecular weight excluding hydrogens is 426 g/mol. The molecule has 3 N–H and O–H groups in total. The Morgan fingerprint density at radius 1 is 1.06 bits per heavy atom. The summed E-state index contributed by atoms with van der Waals surface area (Å²) in [5.41, 5.74) is 3.12. The summed E-state index contributed by atoms with van der Waals surface area (Å²) < 4.78 is 18.9. The number of unbranched alkanes of at least 4 members (excludes halogenated alkanes) is 1. The van der Waals surface area contributed by atoms with Crippen LogP contribution in [0.5, 0.6) is 5.75 Å². The molecule has 2 aromatic carbocycles. The first-order valence-corrected chi connectivity index (χ1v) is 10.9. The molecule has 2 aromatic rings. The summed E-state index contributed by atoms with van der Waals surface area (Å²) in [6, 6.07) is 16.3.